The number of hydrogen-bond donors (Lipinski definition) is 0. The van der Waals surface area contributed by atoms with Crippen molar-refractivity contribution < 1.29 is 13.2 Å². The van der Waals surface area contributed by atoms with Crippen LogP contribution in [0, 0.1) is 0 Å². The first-order valence-electron chi connectivity index (χ1n) is 12.8. The van der Waals surface area contributed by atoms with Gasteiger partial charge in [0.2, 0.25) is 0 Å². The molecule has 2 aromatic heterocycles. The number of hydrogen-bond acceptors (Lipinski definition) is 7. The van der Waals surface area contributed by atoms with Crippen LogP contribution < -0.4 is 4.90 Å². The summed E-state index contributed by atoms with van der Waals surface area (Å²) in [5.41, 5.74) is 2.20. The molecule has 0 amide bonds. The van der Waals surface area contributed by atoms with Crippen LogP contribution in [0.1, 0.15) is 28.6 Å². The van der Waals surface area contributed by atoms with Crippen molar-refractivity contribution in [3.05, 3.63) is 101 Å². The number of piperazine rings is 1. The van der Waals surface area contributed by atoms with Gasteiger partial charge in [-0.25, -0.2) is 9.67 Å². The molecule has 11 heteroatoms. The lowest BCUT2D eigenvalue weighted by atomic mass is 10.0. The Balaban J connectivity index is 1.26. The fourth-order valence-corrected chi connectivity index (χ4v) is 6.01. The average Bonchev–Trinajstić information content (AvgIpc) is 3.60. The van der Waals surface area contributed by atoms with E-state index >= 15 is 0 Å². The summed E-state index contributed by atoms with van der Waals surface area (Å²) in [4.78, 5) is 9.31. The molecule has 0 saturated carbocycles. The number of halogens is 3. The Bertz CT molecular complexity index is 1490. The van der Waals surface area contributed by atoms with Crippen LogP contribution in [0.15, 0.2) is 78.9 Å². The molecule has 6 rings (SSSR count). The van der Waals surface area contributed by atoms with E-state index in [0.29, 0.717) is 25.5 Å². The molecule has 0 spiro atoms. The van der Waals surface area contributed by atoms with Crippen molar-refractivity contribution in [1.29, 1.82) is 0 Å². The fraction of sp³-hybridized carbons (Fsp3) is 0.286. The van der Waals surface area contributed by atoms with Crippen LogP contribution in [0.3, 0.4) is 0 Å². The molecule has 1 unspecified atom stereocenters. The van der Waals surface area contributed by atoms with E-state index in [1.165, 1.54) is 0 Å². The van der Waals surface area contributed by atoms with Crippen LogP contribution in [0.4, 0.5) is 18.3 Å². The van der Waals surface area contributed by atoms with E-state index in [2.05, 4.69) is 43.5 Å². The normalized spacial score (nSPS) is 15.6. The second kappa shape index (κ2) is 10.7. The van der Waals surface area contributed by atoms with E-state index in [0.717, 1.165) is 58.1 Å². The van der Waals surface area contributed by atoms with Crippen LogP contribution in [-0.2, 0) is 19.1 Å². The summed E-state index contributed by atoms with van der Waals surface area (Å²) in [5, 5.41) is 13.6. The fourth-order valence-electron chi connectivity index (χ4n) is 4.99. The number of aromatic nitrogens is 5. The molecule has 1 aliphatic rings. The first kappa shape index (κ1) is 25.4. The van der Waals surface area contributed by atoms with Gasteiger partial charge >= 0.3 is 6.18 Å². The van der Waals surface area contributed by atoms with Gasteiger partial charge in [-0.2, -0.15) is 13.2 Å². The lowest BCUT2D eigenvalue weighted by Crippen LogP contribution is -2.48. The molecule has 3 heterocycles. The van der Waals surface area contributed by atoms with Gasteiger partial charge in [0, 0.05) is 32.7 Å². The standard InChI is InChI=1S/C28H26F3N7S/c29-28(30,31)22-12-10-21(11-13-22)25(26-33-34-35-38(26)15-14-20-6-2-1-3-7-20)36-16-18-37(19-17-36)27-32-23-8-4-5-9-24(23)39-27/h1-13,25H,14-19H2. The number of aryl methyl sites for hydroxylation is 2. The van der Waals surface area contributed by atoms with Gasteiger partial charge in [0.15, 0.2) is 11.0 Å². The molecule has 0 N–H and O–H groups in total. The summed E-state index contributed by atoms with van der Waals surface area (Å²) in [6.45, 7) is 3.42. The largest absolute Gasteiger partial charge is 0.416 e. The molecule has 3 aromatic carbocycles. The van der Waals surface area contributed by atoms with Gasteiger partial charge in [-0.1, -0.05) is 65.9 Å². The number of alkyl halides is 3. The molecule has 5 aromatic rings. The highest BCUT2D eigenvalue weighted by Crippen LogP contribution is 2.34. The highest BCUT2D eigenvalue weighted by atomic mass is 32.1. The van der Waals surface area contributed by atoms with E-state index < -0.39 is 11.7 Å². The number of fused-ring (bicyclic) bond motifs is 1. The Morgan fingerprint density at radius 2 is 1.56 bits per heavy atom. The third kappa shape index (κ3) is 5.50. The highest BCUT2D eigenvalue weighted by molar-refractivity contribution is 7.22. The minimum atomic E-state index is -4.39. The lowest BCUT2D eigenvalue weighted by molar-refractivity contribution is -0.137. The predicted octanol–water partition coefficient (Wildman–Crippen LogP) is 5.46. The van der Waals surface area contributed by atoms with Crippen LogP contribution >= 0.6 is 11.3 Å². The summed E-state index contributed by atoms with van der Waals surface area (Å²) in [5.74, 6) is 0.624. The molecule has 0 aliphatic carbocycles. The minimum Gasteiger partial charge on any atom is -0.345 e. The molecule has 1 saturated heterocycles. The van der Waals surface area contributed by atoms with Crippen molar-refractivity contribution in [2.75, 3.05) is 31.1 Å². The van der Waals surface area contributed by atoms with Crippen molar-refractivity contribution >= 4 is 26.7 Å². The zero-order valence-corrected chi connectivity index (χ0v) is 21.8. The third-order valence-electron chi connectivity index (χ3n) is 7.05. The summed E-state index contributed by atoms with van der Waals surface area (Å²) >= 11 is 1.67. The van der Waals surface area contributed by atoms with Crippen LogP contribution in [0.2, 0.25) is 0 Å². The second-order valence-electron chi connectivity index (χ2n) is 9.51. The number of thiazole rings is 1. The maximum Gasteiger partial charge on any atom is 0.416 e. The predicted molar refractivity (Wildman–Crippen MR) is 145 cm³/mol. The molecule has 1 aliphatic heterocycles. The number of para-hydroxylation sites is 1. The zero-order chi connectivity index (χ0) is 26.8. The first-order valence-corrected chi connectivity index (χ1v) is 13.6. The SMILES string of the molecule is FC(F)(F)c1ccc(C(c2nnnn2CCc2ccccc2)N2CCN(c3nc4ccccc4s3)CC2)cc1. The Morgan fingerprint density at radius 1 is 0.846 bits per heavy atom. The van der Waals surface area contributed by atoms with Crippen molar-refractivity contribution in [2.45, 2.75) is 25.2 Å². The molecular formula is C28H26F3N7S. The summed E-state index contributed by atoms with van der Waals surface area (Å²) in [6, 6.07) is 23.1. The Morgan fingerprint density at radius 3 is 2.28 bits per heavy atom. The highest BCUT2D eigenvalue weighted by Gasteiger charge is 2.34. The molecule has 1 atom stereocenters. The second-order valence-corrected chi connectivity index (χ2v) is 10.5. The maximum atomic E-state index is 13.3. The molecule has 1 fully saturated rings. The topological polar surface area (TPSA) is 63.0 Å². The average molecular weight is 550 g/mol. The minimum absolute atomic E-state index is 0.379. The van der Waals surface area contributed by atoms with Crippen molar-refractivity contribution in [3.8, 4) is 0 Å². The summed E-state index contributed by atoms with van der Waals surface area (Å²) in [7, 11) is 0. The van der Waals surface area contributed by atoms with Gasteiger partial charge in [-0.05, 0) is 52.2 Å². The lowest BCUT2D eigenvalue weighted by Gasteiger charge is -2.38. The van der Waals surface area contributed by atoms with Crippen molar-refractivity contribution in [3.63, 3.8) is 0 Å². The van der Waals surface area contributed by atoms with Crippen LogP contribution in [-0.4, -0.2) is 56.3 Å². The number of tetrazole rings is 1. The van der Waals surface area contributed by atoms with Gasteiger partial charge in [0.1, 0.15) is 0 Å². The van der Waals surface area contributed by atoms with Gasteiger partial charge in [0.25, 0.3) is 0 Å². The molecule has 39 heavy (non-hydrogen) atoms. The van der Waals surface area contributed by atoms with E-state index in [9.17, 15) is 13.2 Å². The number of anilines is 1. The van der Waals surface area contributed by atoms with E-state index in [1.54, 1.807) is 28.2 Å². The molecular weight excluding hydrogens is 523 g/mol. The van der Waals surface area contributed by atoms with Gasteiger partial charge < -0.3 is 4.90 Å². The van der Waals surface area contributed by atoms with Crippen molar-refractivity contribution in [2.24, 2.45) is 0 Å². The zero-order valence-electron chi connectivity index (χ0n) is 21.0. The van der Waals surface area contributed by atoms with Gasteiger partial charge in [-0.3, -0.25) is 4.90 Å². The van der Waals surface area contributed by atoms with Crippen molar-refractivity contribution in [1.82, 2.24) is 30.1 Å². The van der Waals surface area contributed by atoms with Gasteiger partial charge in [-0.15, -0.1) is 5.10 Å². The monoisotopic (exact) mass is 549 g/mol. The van der Waals surface area contributed by atoms with Crippen LogP contribution in [0.25, 0.3) is 10.2 Å². The Kier molecular flexibility index (Phi) is 7.01. The maximum absolute atomic E-state index is 13.3. The van der Waals surface area contributed by atoms with Crippen LogP contribution in [0.5, 0.6) is 0 Å². The summed E-state index contributed by atoms with van der Waals surface area (Å²) < 4.78 is 42.8. The third-order valence-corrected chi connectivity index (χ3v) is 8.14. The first-order chi connectivity index (χ1) is 19.0. The van der Waals surface area contributed by atoms with E-state index in [4.69, 9.17) is 4.98 Å². The smallest absolute Gasteiger partial charge is 0.345 e. The Labute approximate surface area is 227 Å². The molecule has 200 valence electrons. The molecule has 7 nitrogen and oxygen atoms in total. The number of benzene rings is 3. The molecule has 0 radical (unpaired) electrons. The number of rotatable bonds is 7. The van der Waals surface area contributed by atoms with E-state index in [-0.39, 0.29) is 6.04 Å². The van der Waals surface area contributed by atoms with Gasteiger partial charge in [0.05, 0.1) is 21.8 Å². The Hall–Kier alpha value is -3.83. The molecule has 0 bridgehead atoms. The van der Waals surface area contributed by atoms with E-state index in [1.807, 2.05) is 36.4 Å². The summed E-state index contributed by atoms with van der Waals surface area (Å²) in [6.07, 6.45) is -3.65. The quantitative estimate of drug-likeness (QED) is 0.269. The number of nitrogens with zero attached hydrogens (tertiary/aromatic N) is 7.